The van der Waals surface area contributed by atoms with Crippen molar-refractivity contribution in [1.29, 1.82) is 0 Å². The third kappa shape index (κ3) is 3.47. The van der Waals surface area contributed by atoms with Crippen LogP contribution in [-0.4, -0.2) is 12.0 Å². The number of halogens is 1. The molecule has 110 valence electrons. The number of nitrogens with one attached hydrogen (secondary N) is 1. The van der Waals surface area contributed by atoms with Crippen LogP contribution in [0.3, 0.4) is 0 Å². The summed E-state index contributed by atoms with van der Waals surface area (Å²) >= 11 is 0. The van der Waals surface area contributed by atoms with Crippen LogP contribution < -0.4 is 10.1 Å². The second-order valence-electron chi connectivity index (χ2n) is 4.58. The molecular formula is C15H15FN2O3. The van der Waals surface area contributed by atoms with Crippen LogP contribution in [0.25, 0.3) is 0 Å². The molecule has 0 aliphatic heterocycles. The molecular weight excluding hydrogens is 275 g/mol. The van der Waals surface area contributed by atoms with Gasteiger partial charge in [0.25, 0.3) is 0 Å². The Kier molecular flexibility index (Phi) is 4.37. The summed E-state index contributed by atoms with van der Waals surface area (Å²) in [5, 5.41) is 13.7. The summed E-state index contributed by atoms with van der Waals surface area (Å²) in [6.45, 7) is 2.30. The summed E-state index contributed by atoms with van der Waals surface area (Å²) in [4.78, 5) is 9.81. The molecule has 0 radical (unpaired) electrons. The van der Waals surface area contributed by atoms with Gasteiger partial charge in [0.15, 0.2) is 0 Å². The lowest BCUT2D eigenvalue weighted by atomic mass is 10.1. The normalized spacial score (nSPS) is 10.2. The van der Waals surface area contributed by atoms with Crippen LogP contribution in [0.15, 0.2) is 36.4 Å². The van der Waals surface area contributed by atoms with Crippen LogP contribution >= 0.6 is 0 Å². The Labute approximate surface area is 121 Å². The molecule has 0 aliphatic rings. The average Bonchev–Trinajstić information content (AvgIpc) is 2.45. The molecule has 6 heteroatoms. The van der Waals surface area contributed by atoms with Gasteiger partial charge < -0.3 is 10.1 Å². The molecule has 0 unspecified atom stereocenters. The fraction of sp³-hybridized carbons (Fsp3) is 0.200. The minimum atomic E-state index is -0.829. The zero-order valence-corrected chi connectivity index (χ0v) is 11.7. The highest BCUT2D eigenvalue weighted by molar-refractivity contribution is 5.51. The van der Waals surface area contributed by atoms with Crippen molar-refractivity contribution >= 4 is 11.4 Å². The van der Waals surface area contributed by atoms with Gasteiger partial charge in [-0.1, -0.05) is 6.07 Å². The Balaban J connectivity index is 2.08. The van der Waals surface area contributed by atoms with E-state index in [1.54, 1.807) is 7.11 Å². The molecule has 2 rings (SSSR count). The highest BCUT2D eigenvalue weighted by Gasteiger charge is 2.13. The van der Waals surface area contributed by atoms with Crippen molar-refractivity contribution in [3.8, 4) is 5.75 Å². The van der Waals surface area contributed by atoms with Crippen molar-refractivity contribution in [3.05, 3.63) is 63.5 Å². The van der Waals surface area contributed by atoms with E-state index < -0.39 is 16.4 Å². The molecule has 0 fully saturated rings. The first kappa shape index (κ1) is 14.8. The molecule has 5 nitrogen and oxygen atoms in total. The predicted octanol–water partition coefficient (Wildman–Crippen LogP) is 3.66. The maximum absolute atomic E-state index is 13.5. The second-order valence-corrected chi connectivity index (χ2v) is 4.58. The van der Waals surface area contributed by atoms with E-state index >= 15 is 0 Å². The SMILES string of the molecule is COc1ccc(NCc2ccc([N+](=O)[O-])c(F)c2)cc1C. The minimum absolute atomic E-state index is 0.376. The van der Waals surface area contributed by atoms with Crippen molar-refractivity contribution in [3.63, 3.8) is 0 Å². The fourth-order valence-electron chi connectivity index (χ4n) is 2.00. The molecule has 0 bridgehead atoms. The summed E-state index contributed by atoms with van der Waals surface area (Å²) in [7, 11) is 1.61. The lowest BCUT2D eigenvalue weighted by molar-refractivity contribution is -0.387. The van der Waals surface area contributed by atoms with Crippen LogP contribution in [0.5, 0.6) is 5.75 Å². The Bertz CT molecular complexity index is 674. The number of anilines is 1. The zero-order valence-electron chi connectivity index (χ0n) is 11.7. The molecule has 21 heavy (non-hydrogen) atoms. The lowest BCUT2D eigenvalue weighted by Gasteiger charge is -2.10. The van der Waals surface area contributed by atoms with E-state index in [0.717, 1.165) is 17.0 Å². The number of ether oxygens (including phenoxy) is 1. The van der Waals surface area contributed by atoms with E-state index in [4.69, 9.17) is 4.74 Å². The average molecular weight is 290 g/mol. The molecule has 2 aromatic carbocycles. The van der Waals surface area contributed by atoms with Gasteiger partial charge in [-0.25, -0.2) is 0 Å². The summed E-state index contributed by atoms with van der Waals surface area (Å²) in [6, 6.07) is 9.49. The number of nitro groups is 1. The Morgan fingerprint density at radius 3 is 2.62 bits per heavy atom. The summed E-state index contributed by atoms with van der Waals surface area (Å²) < 4.78 is 18.7. The van der Waals surface area contributed by atoms with Crippen LogP contribution in [0.2, 0.25) is 0 Å². The van der Waals surface area contributed by atoms with Crippen LogP contribution in [0.1, 0.15) is 11.1 Å². The van der Waals surface area contributed by atoms with Gasteiger partial charge in [-0.05, 0) is 42.3 Å². The third-order valence-corrected chi connectivity index (χ3v) is 3.10. The number of methoxy groups -OCH3 is 1. The van der Waals surface area contributed by atoms with Crippen molar-refractivity contribution < 1.29 is 14.1 Å². The molecule has 0 aliphatic carbocycles. The van der Waals surface area contributed by atoms with Crippen LogP contribution in [-0.2, 0) is 6.54 Å². The number of rotatable bonds is 5. The van der Waals surface area contributed by atoms with Gasteiger partial charge in [0.2, 0.25) is 5.82 Å². The maximum atomic E-state index is 13.5. The predicted molar refractivity (Wildman–Crippen MR) is 78.1 cm³/mol. The summed E-state index contributed by atoms with van der Waals surface area (Å²) in [6.07, 6.45) is 0. The number of nitrogens with zero attached hydrogens (tertiary/aromatic N) is 1. The van der Waals surface area contributed by atoms with Crippen molar-refractivity contribution in [2.24, 2.45) is 0 Å². The molecule has 1 N–H and O–H groups in total. The zero-order chi connectivity index (χ0) is 15.4. The van der Waals surface area contributed by atoms with Gasteiger partial charge in [-0.3, -0.25) is 10.1 Å². The van der Waals surface area contributed by atoms with E-state index in [9.17, 15) is 14.5 Å². The van der Waals surface area contributed by atoms with E-state index in [-0.39, 0.29) is 0 Å². The van der Waals surface area contributed by atoms with Crippen molar-refractivity contribution in [2.45, 2.75) is 13.5 Å². The highest BCUT2D eigenvalue weighted by Crippen LogP contribution is 2.22. The summed E-state index contributed by atoms with van der Waals surface area (Å²) in [5.41, 5.74) is 1.97. The topological polar surface area (TPSA) is 64.4 Å². The first-order valence-corrected chi connectivity index (χ1v) is 6.32. The minimum Gasteiger partial charge on any atom is -0.496 e. The fourth-order valence-corrected chi connectivity index (χ4v) is 2.00. The highest BCUT2D eigenvalue weighted by atomic mass is 19.1. The first-order chi connectivity index (χ1) is 10.0. The van der Waals surface area contributed by atoms with Gasteiger partial charge in [0.05, 0.1) is 12.0 Å². The molecule has 0 amide bonds. The monoisotopic (exact) mass is 290 g/mol. The van der Waals surface area contributed by atoms with E-state index in [1.807, 2.05) is 25.1 Å². The Hall–Kier alpha value is -2.63. The van der Waals surface area contributed by atoms with Gasteiger partial charge in [-0.2, -0.15) is 4.39 Å². The summed E-state index contributed by atoms with van der Waals surface area (Å²) in [5.74, 6) is -0.0351. The maximum Gasteiger partial charge on any atom is 0.304 e. The number of hydrogen-bond acceptors (Lipinski definition) is 4. The molecule has 0 spiro atoms. The standard InChI is InChI=1S/C15H15FN2O3/c1-10-7-12(4-6-15(10)21-2)17-9-11-3-5-14(18(19)20)13(16)8-11/h3-8,17H,9H2,1-2H3. The largest absolute Gasteiger partial charge is 0.496 e. The lowest BCUT2D eigenvalue weighted by Crippen LogP contribution is -2.01. The van der Waals surface area contributed by atoms with E-state index in [1.165, 1.54) is 18.2 Å². The smallest absolute Gasteiger partial charge is 0.304 e. The molecule has 0 atom stereocenters. The van der Waals surface area contributed by atoms with Gasteiger partial charge in [0, 0.05) is 18.3 Å². The van der Waals surface area contributed by atoms with Gasteiger partial charge in [0.1, 0.15) is 5.75 Å². The Morgan fingerprint density at radius 1 is 1.29 bits per heavy atom. The number of aryl methyl sites for hydroxylation is 1. The number of hydrogen-bond donors (Lipinski definition) is 1. The molecule has 2 aromatic rings. The third-order valence-electron chi connectivity index (χ3n) is 3.10. The molecule has 0 aromatic heterocycles. The molecule has 0 heterocycles. The number of benzene rings is 2. The second kappa shape index (κ2) is 6.21. The van der Waals surface area contributed by atoms with Crippen LogP contribution in [0, 0.1) is 22.9 Å². The number of nitro benzene ring substituents is 1. The molecule has 0 saturated heterocycles. The van der Waals surface area contributed by atoms with E-state index in [0.29, 0.717) is 12.1 Å². The quantitative estimate of drug-likeness (QED) is 0.674. The van der Waals surface area contributed by atoms with Gasteiger partial charge >= 0.3 is 5.69 Å². The van der Waals surface area contributed by atoms with Crippen LogP contribution in [0.4, 0.5) is 15.8 Å². The van der Waals surface area contributed by atoms with E-state index in [2.05, 4.69) is 5.32 Å². The van der Waals surface area contributed by atoms with Crippen molar-refractivity contribution in [2.75, 3.05) is 12.4 Å². The Morgan fingerprint density at radius 2 is 2.05 bits per heavy atom. The first-order valence-electron chi connectivity index (χ1n) is 6.32. The van der Waals surface area contributed by atoms with Crippen molar-refractivity contribution in [1.82, 2.24) is 0 Å². The molecule has 0 saturated carbocycles. The van der Waals surface area contributed by atoms with Gasteiger partial charge in [-0.15, -0.1) is 0 Å².